The molecule has 1 saturated heterocycles. The third kappa shape index (κ3) is 3.11. The van der Waals surface area contributed by atoms with Crippen molar-refractivity contribution in [2.75, 3.05) is 6.54 Å². The van der Waals surface area contributed by atoms with Crippen LogP contribution in [0.1, 0.15) is 52.4 Å². The Balaban J connectivity index is 2.78. The summed E-state index contributed by atoms with van der Waals surface area (Å²) in [7, 11) is 0. The van der Waals surface area contributed by atoms with Crippen LogP contribution in [0.4, 0.5) is 0 Å². The van der Waals surface area contributed by atoms with E-state index in [1.54, 1.807) is 0 Å². The summed E-state index contributed by atoms with van der Waals surface area (Å²) in [6.07, 6.45) is 7.14. The lowest BCUT2D eigenvalue weighted by Gasteiger charge is -2.35. The Morgan fingerprint density at radius 3 is 2.75 bits per heavy atom. The largest absolute Gasteiger partial charge is 0.409 e. The van der Waals surface area contributed by atoms with Gasteiger partial charge >= 0.3 is 0 Å². The van der Waals surface area contributed by atoms with Crippen LogP contribution >= 0.6 is 0 Å². The second-order valence-electron chi connectivity index (χ2n) is 4.60. The normalized spacial score (nSPS) is 26.4. The van der Waals surface area contributed by atoms with Crippen LogP contribution < -0.4 is 5.73 Å². The highest BCUT2D eigenvalue weighted by Gasteiger charge is 2.27. The molecule has 16 heavy (non-hydrogen) atoms. The quantitative estimate of drug-likeness (QED) is 0.335. The summed E-state index contributed by atoms with van der Waals surface area (Å²) in [5.74, 6) is 0.364. The fourth-order valence-corrected chi connectivity index (χ4v) is 2.73. The predicted molar refractivity (Wildman–Crippen MR) is 66.7 cm³/mol. The Morgan fingerprint density at radius 2 is 2.19 bits per heavy atom. The summed E-state index contributed by atoms with van der Waals surface area (Å²) in [4.78, 5) is 2.43. The Morgan fingerprint density at radius 1 is 1.44 bits per heavy atom. The van der Waals surface area contributed by atoms with Crippen molar-refractivity contribution in [3.8, 4) is 0 Å². The average Bonchev–Trinajstić information content (AvgIpc) is 2.55. The molecule has 1 aliphatic rings. The van der Waals surface area contributed by atoms with E-state index in [-0.39, 0.29) is 6.04 Å². The maximum atomic E-state index is 8.83. The minimum absolute atomic E-state index is 0.105. The molecule has 0 aromatic carbocycles. The first-order chi connectivity index (χ1) is 7.74. The fraction of sp³-hybridized carbons (Fsp3) is 0.917. The van der Waals surface area contributed by atoms with E-state index in [1.165, 1.54) is 25.7 Å². The zero-order valence-corrected chi connectivity index (χ0v) is 10.5. The maximum absolute atomic E-state index is 8.83. The van der Waals surface area contributed by atoms with Crippen LogP contribution in [0.3, 0.4) is 0 Å². The van der Waals surface area contributed by atoms with Gasteiger partial charge in [0.15, 0.2) is 5.84 Å². The van der Waals surface area contributed by atoms with Crippen molar-refractivity contribution in [3.63, 3.8) is 0 Å². The van der Waals surface area contributed by atoms with Gasteiger partial charge < -0.3 is 10.9 Å². The van der Waals surface area contributed by atoms with Gasteiger partial charge in [-0.15, -0.1) is 0 Å². The minimum atomic E-state index is 0.105. The van der Waals surface area contributed by atoms with Gasteiger partial charge in [-0.05, 0) is 32.2 Å². The SMILES string of the molecule is CCC1CCCCCN1C(CC)C(N)=NO. The van der Waals surface area contributed by atoms with Gasteiger partial charge in [-0.1, -0.05) is 31.8 Å². The van der Waals surface area contributed by atoms with Gasteiger partial charge in [0, 0.05) is 6.04 Å². The summed E-state index contributed by atoms with van der Waals surface area (Å²) in [5, 5.41) is 12.0. The molecule has 1 heterocycles. The average molecular weight is 227 g/mol. The van der Waals surface area contributed by atoms with Crippen molar-refractivity contribution in [2.24, 2.45) is 10.9 Å². The van der Waals surface area contributed by atoms with Crippen LogP contribution in [-0.2, 0) is 0 Å². The van der Waals surface area contributed by atoms with Crippen LogP contribution in [0.15, 0.2) is 5.16 Å². The van der Waals surface area contributed by atoms with E-state index in [0.717, 1.165) is 19.4 Å². The molecule has 1 aliphatic heterocycles. The molecular weight excluding hydrogens is 202 g/mol. The number of hydrogen-bond donors (Lipinski definition) is 2. The number of rotatable bonds is 4. The molecule has 4 heteroatoms. The molecular formula is C12H25N3O. The van der Waals surface area contributed by atoms with Crippen molar-refractivity contribution in [1.82, 2.24) is 4.90 Å². The van der Waals surface area contributed by atoms with Gasteiger partial charge in [0.05, 0.1) is 6.04 Å². The summed E-state index contributed by atoms with van der Waals surface area (Å²) in [6.45, 7) is 5.40. The van der Waals surface area contributed by atoms with Gasteiger partial charge in [0.2, 0.25) is 0 Å². The number of oxime groups is 1. The third-order valence-electron chi connectivity index (χ3n) is 3.64. The van der Waals surface area contributed by atoms with Crippen LogP contribution in [0, 0.1) is 0 Å². The zero-order valence-electron chi connectivity index (χ0n) is 10.5. The first-order valence-corrected chi connectivity index (χ1v) is 6.47. The van der Waals surface area contributed by atoms with E-state index < -0.39 is 0 Å². The lowest BCUT2D eigenvalue weighted by molar-refractivity contribution is 0.161. The molecule has 3 N–H and O–H groups in total. The van der Waals surface area contributed by atoms with Gasteiger partial charge in [-0.25, -0.2) is 0 Å². The van der Waals surface area contributed by atoms with E-state index >= 15 is 0 Å². The van der Waals surface area contributed by atoms with Crippen molar-refractivity contribution >= 4 is 5.84 Å². The molecule has 0 aromatic rings. The van der Waals surface area contributed by atoms with Crippen molar-refractivity contribution in [2.45, 2.75) is 64.5 Å². The number of amidine groups is 1. The van der Waals surface area contributed by atoms with Gasteiger partial charge in [-0.2, -0.15) is 0 Å². The maximum Gasteiger partial charge on any atom is 0.156 e. The molecule has 0 spiro atoms. The molecule has 1 rings (SSSR count). The highest BCUT2D eigenvalue weighted by Crippen LogP contribution is 2.22. The monoisotopic (exact) mass is 227 g/mol. The molecule has 1 fully saturated rings. The van der Waals surface area contributed by atoms with Crippen molar-refractivity contribution in [3.05, 3.63) is 0 Å². The topological polar surface area (TPSA) is 61.8 Å². The Bertz CT molecular complexity index is 230. The molecule has 2 unspecified atom stereocenters. The molecule has 0 radical (unpaired) electrons. The zero-order chi connectivity index (χ0) is 12.0. The predicted octanol–water partition coefficient (Wildman–Crippen LogP) is 2.17. The van der Waals surface area contributed by atoms with E-state index in [0.29, 0.717) is 11.9 Å². The van der Waals surface area contributed by atoms with Gasteiger partial charge in [-0.3, -0.25) is 4.90 Å². The molecule has 0 saturated carbocycles. The molecule has 94 valence electrons. The number of hydrogen-bond acceptors (Lipinski definition) is 3. The smallest absolute Gasteiger partial charge is 0.156 e. The van der Waals surface area contributed by atoms with Crippen molar-refractivity contribution in [1.29, 1.82) is 0 Å². The Kier molecular flexibility index (Phi) is 5.60. The fourth-order valence-electron chi connectivity index (χ4n) is 2.73. The van der Waals surface area contributed by atoms with E-state index in [9.17, 15) is 0 Å². The third-order valence-corrected chi connectivity index (χ3v) is 3.64. The van der Waals surface area contributed by atoms with Crippen LogP contribution in [-0.4, -0.2) is 34.6 Å². The summed E-state index contributed by atoms with van der Waals surface area (Å²) >= 11 is 0. The van der Waals surface area contributed by atoms with Gasteiger partial charge in [0.1, 0.15) is 0 Å². The highest BCUT2D eigenvalue weighted by molar-refractivity contribution is 5.85. The van der Waals surface area contributed by atoms with Crippen molar-refractivity contribution < 1.29 is 5.21 Å². The number of nitrogens with two attached hydrogens (primary N) is 1. The lowest BCUT2D eigenvalue weighted by Crippen LogP contribution is -2.49. The van der Waals surface area contributed by atoms with E-state index in [2.05, 4.69) is 23.9 Å². The number of likely N-dealkylation sites (tertiary alicyclic amines) is 1. The highest BCUT2D eigenvalue weighted by atomic mass is 16.4. The summed E-state index contributed by atoms with van der Waals surface area (Å²) < 4.78 is 0. The van der Waals surface area contributed by atoms with Crippen LogP contribution in [0.5, 0.6) is 0 Å². The molecule has 4 nitrogen and oxygen atoms in total. The lowest BCUT2D eigenvalue weighted by atomic mass is 10.0. The standard InChI is InChI=1S/C12H25N3O/c1-3-10-8-6-5-7-9-15(10)11(4-2)12(13)14-16/h10-11,16H,3-9H2,1-2H3,(H2,13,14). The van der Waals surface area contributed by atoms with E-state index in [1.807, 2.05) is 0 Å². The Hall–Kier alpha value is -0.770. The summed E-state index contributed by atoms with van der Waals surface area (Å²) in [6, 6.07) is 0.695. The minimum Gasteiger partial charge on any atom is -0.409 e. The van der Waals surface area contributed by atoms with E-state index in [4.69, 9.17) is 10.9 Å². The molecule has 0 aromatic heterocycles. The molecule has 0 amide bonds. The first kappa shape index (κ1) is 13.3. The second kappa shape index (κ2) is 6.74. The molecule has 0 bridgehead atoms. The second-order valence-corrected chi connectivity index (χ2v) is 4.60. The summed E-state index contributed by atoms with van der Waals surface area (Å²) in [5.41, 5.74) is 5.78. The van der Waals surface area contributed by atoms with Crippen LogP contribution in [0.25, 0.3) is 0 Å². The van der Waals surface area contributed by atoms with Crippen LogP contribution in [0.2, 0.25) is 0 Å². The first-order valence-electron chi connectivity index (χ1n) is 6.47. The van der Waals surface area contributed by atoms with Gasteiger partial charge in [0.25, 0.3) is 0 Å². The number of nitrogens with zero attached hydrogens (tertiary/aromatic N) is 2. The Labute approximate surface area is 98.5 Å². The molecule has 2 atom stereocenters. The molecule has 0 aliphatic carbocycles.